The van der Waals surface area contributed by atoms with Gasteiger partial charge in [-0.1, -0.05) is 23.4 Å². The summed E-state index contributed by atoms with van der Waals surface area (Å²) in [5, 5.41) is 3.94. The molecule has 1 N–H and O–H groups in total. The minimum atomic E-state index is 0.0171. The van der Waals surface area contributed by atoms with Gasteiger partial charge in [-0.25, -0.2) is 0 Å². The van der Waals surface area contributed by atoms with Crippen LogP contribution >= 0.6 is 23.4 Å². The van der Waals surface area contributed by atoms with Crippen molar-refractivity contribution in [2.24, 2.45) is 0 Å². The molecule has 0 aliphatic carbocycles. The van der Waals surface area contributed by atoms with Crippen molar-refractivity contribution in [3.63, 3.8) is 0 Å². The molecular weight excluding hydrogens is 330 g/mol. The highest BCUT2D eigenvalue weighted by Gasteiger charge is 2.11. The average molecular weight is 348 g/mol. The Kier molecular flexibility index (Phi) is 6.13. The lowest BCUT2D eigenvalue weighted by Gasteiger charge is -2.12. The van der Waals surface area contributed by atoms with Gasteiger partial charge in [0.1, 0.15) is 5.75 Å². The number of ether oxygens (including phenoxy) is 1. The van der Waals surface area contributed by atoms with Gasteiger partial charge in [0.25, 0.3) is 0 Å². The quantitative estimate of drug-likeness (QED) is 0.563. The first-order valence-corrected chi connectivity index (χ1v) is 8.25. The highest BCUT2D eigenvalue weighted by Crippen LogP contribution is 2.31. The van der Waals surface area contributed by atoms with Crippen LogP contribution in [0.25, 0.3) is 0 Å². The molecule has 0 aromatic heterocycles. The summed E-state index contributed by atoms with van der Waals surface area (Å²) in [6.07, 6.45) is 0. The molecule has 0 bridgehead atoms. The Morgan fingerprint density at radius 2 is 1.65 bits per heavy atom. The number of hydrogen-bond donors (Lipinski definition) is 1. The molecule has 0 radical (unpaired) electrons. The Labute approximate surface area is 145 Å². The van der Waals surface area contributed by atoms with Crippen LogP contribution in [-0.2, 0) is 4.79 Å². The number of nitrogens with one attached hydrogen (secondary N) is 1. The molecule has 2 rings (SSSR count). The number of anilines is 1. The SMILES string of the molecule is COc1ccc(N/C(C)=C(/Sc2ccc(Cl)cc2)C(C)=O)cc1. The molecular formula is C18H18ClNO2S. The number of ketones is 1. The molecule has 0 spiro atoms. The van der Waals surface area contributed by atoms with Crippen LogP contribution in [0.15, 0.2) is 64.0 Å². The van der Waals surface area contributed by atoms with E-state index in [1.54, 1.807) is 14.0 Å². The molecule has 0 saturated heterocycles. The smallest absolute Gasteiger partial charge is 0.168 e. The van der Waals surface area contributed by atoms with Gasteiger partial charge in [-0.2, -0.15) is 0 Å². The molecule has 0 fully saturated rings. The van der Waals surface area contributed by atoms with Gasteiger partial charge in [0.2, 0.25) is 0 Å². The standard InChI is InChI=1S/C18H18ClNO2S/c1-12(20-15-6-8-16(22-3)9-7-15)18(13(2)21)23-17-10-4-14(19)5-11-17/h4-11,20H,1-3H3/b18-12+. The van der Waals surface area contributed by atoms with Gasteiger partial charge < -0.3 is 10.1 Å². The fourth-order valence-corrected chi connectivity index (χ4v) is 2.96. The Morgan fingerprint density at radius 3 is 2.17 bits per heavy atom. The Morgan fingerprint density at radius 1 is 1.04 bits per heavy atom. The summed E-state index contributed by atoms with van der Waals surface area (Å²) in [5.74, 6) is 0.808. The lowest BCUT2D eigenvalue weighted by molar-refractivity contribution is -0.113. The molecule has 23 heavy (non-hydrogen) atoms. The first-order chi connectivity index (χ1) is 11.0. The zero-order chi connectivity index (χ0) is 16.8. The van der Waals surface area contributed by atoms with Crippen molar-refractivity contribution in [3.05, 3.63) is 64.2 Å². The average Bonchev–Trinajstić information content (AvgIpc) is 2.54. The number of halogens is 1. The molecule has 0 amide bonds. The van der Waals surface area contributed by atoms with Crippen LogP contribution in [0.3, 0.4) is 0 Å². The fourth-order valence-electron chi connectivity index (χ4n) is 1.98. The van der Waals surface area contributed by atoms with E-state index in [2.05, 4.69) is 5.32 Å². The number of carbonyl (C=O) groups is 1. The minimum Gasteiger partial charge on any atom is -0.497 e. The van der Waals surface area contributed by atoms with Crippen LogP contribution in [0.2, 0.25) is 5.02 Å². The topological polar surface area (TPSA) is 38.3 Å². The van der Waals surface area contributed by atoms with Crippen LogP contribution < -0.4 is 10.1 Å². The molecule has 0 aliphatic rings. The van der Waals surface area contributed by atoms with E-state index in [1.165, 1.54) is 11.8 Å². The Hall–Kier alpha value is -1.91. The number of thioether (sulfide) groups is 1. The predicted molar refractivity (Wildman–Crippen MR) is 97.3 cm³/mol. The van der Waals surface area contributed by atoms with Crippen LogP contribution in [0.4, 0.5) is 5.69 Å². The largest absolute Gasteiger partial charge is 0.497 e. The highest BCUT2D eigenvalue weighted by atomic mass is 35.5. The van der Waals surface area contributed by atoms with Crippen molar-refractivity contribution < 1.29 is 9.53 Å². The summed E-state index contributed by atoms with van der Waals surface area (Å²) in [4.78, 5) is 13.6. The third-order valence-corrected chi connectivity index (χ3v) is 4.67. The third-order valence-electron chi connectivity index (χ3n) is 3.12. The molecule has 0 unspecified atom stereocenters. The van der Waals surface area contributed by atoms with E-state index >= 15 is 0 Å². The summed E-state index contributed by atoms with van der Waals surface area (Å²) in [6.45, 7) is 3.46. The number of benzene rings is 2. The Bertz CT molecular complexity index is 709. The van der Waals surface area contributed by atoms with Gasteiger partial charge in [0.05, 0.1) is 12.0 Å². The van der Waals surface area contributed by atoms with Crippen molar-refractivity contribution in [1.82, 2.24) is 0 Å². The molecule has 2 aromatic carbocycles. The fraction of sp³-hybridized carbons (Fsp3) is 0.167. The van der Waals surface area contributed by atoms with E-state index in [9.17, 15) is 4.79 Å². The summed E-state index contributed by atoms with van der Waals surface area (Å²) in [5.41, 5.74) is 1.71. The van der Waals surface area contributed by atoms with E-state index in [0.29, 0.717) is 9.93 Å². The highest BCUT2D eigenvalue weighted by molar-refractivity contribution is 8.04. The Balaban J connectivity index is 2.20. The monoisotopic (exact) mass is 347 g/mol. The molecule has 3 nitrogen and oxygen atoms in total. The summed E-state index contributed by atoms with van der Waals surface area (Å²) in [6, 6.07) is 15.0. The van der Waals surface area contributed by atoms with E-state index in [-0.39, 0.29) is 5.78 Å². The normalized spacial score (nSPS) is 11.7. The second-order valence-electron chi connectivity index (χ2n) is 4.92. The number of rotatable bonds is 6. The lowest BCUT2D eigenvalue weighted by Crippen LogP contribution is -2.04. The predicted octanol–water partition coefficient (Wildman–Crippen LogP) is 5.37. The maximum atomic E-state index is 12.0. The molecule has 0 aliphatic heterocycles. The van der Waals surface area contributed by atoms with Gasteiger partial charge in [-0.3, -0.25) is 4.79 Å². The third kappa shape index (κ3) is 5.05. The van der Waals surface area contributed by atoms with Crippen molar-refractivity contribution in [2.45, 2.75) is 18.7 Å². The molecule has 0 atom stereocenters. The molecule has 0 saturated carbocycles. The number of carbonyl (C=O) groups excluding carboxylic acids is 1. The molecule has 5 heteroatoms. The zero-order valence-electron chi connectivity index (χ0n) is 13.2. The second kappa shape index (κ2) is 8.09. The first kappa shape index (κ1) is 17.4. The van der Waals surface area contributed by atoms with Gasteiger partial charge in [0.15, 0.2) is 5.78 Å². The van der Waals surface area contributed by atoms with Crippen molar-refractivity contribution >= 4 is 34.8 Å². The number of methoxy groups -OCH3 is 1. The first-order valence-electron chi connectivity index (χ1n) is 7.06. The maximum absolute atomic E-state index is 12.0. The van der Waals surface area contributed by atoms with E-state index in [1.807, 2.05) is 55.5 Å². The van der Waals surface area contributed by atoms with Crippen LogP contribution in [0, 0.1) is 0 Å². The summed E-state index contributed by atoms with van der Waals surface area (Å²) in [7, 11) is 1.63. The van der Waals surface area contributed by atoms with Crippen LogP contribution in [-0.4, -0.2) is 12.9 Å². The maximum Gasteiger partial charge on any atom is 0.168 e. The minimum absolute atomic E-state index is 0.0171. The summed E-state index contributed by atoms with van der Waals surface area (Å²) >= 11 is 7.32. The number of Topliss-reactive ketones (excluding diaryl/α,β-unsaturated/α-hetero) is 1. The molecule has 0 heterocycles. The van der Waals surface area contributed by atoms with Crippen molar-refractivity contribution in [3.8, 4) is 5.75 Å². The van der Waals surface area contributed by atoms with Gasteiger partial charge >= 0.3 is 0 Å². The molecule has 120 valence electrons. The number of hydrogen-bond acceptors (Lipinski definition) is 4. The van der Waals surface area contributed by atoms with Gasteiger partial charge in [-0.15, -0.1) is 0 Å². The van der Waals surface area contributed by atoms with Crippen LogP contribution in [0.5, 0.6) is 5.75 Å². The van der Waals surface area contributed by atoms with E-state index in [0.717, 1.165) is 22.0 Å². The second-order valence-corrected chi connectivity index (χ2v) is 6.44. The lowest BCUT2D eigenvalue weighted by atomic mass is 10.2. The summed E-state index contributed by atoms with van der Waals surface area (Å²) < 4.78 is 5.14. The zero-order valence-corrected chi connectivity index (χ0v) is 14.8. The number of allylic oxidation sites excluding steroid dienone is 2. The van der Waals surface area contributed by atoms with Crippen molar-refractivity contribution in [1.29, 1.82) is 0 Å². The van der Waals surface area contributed by atoms with Crippen molar-refractivity contribution in [2.75, 3.05) is 12.4 Å². The van der Waals surface area contributed by atoms with Gasteiger partial charge in [-0.05, 0) is 62.4 Å². The van der Waals surface area contributed by atoms with E-state index in [4.69, 9.17) is 16.3 Å². The molecule has 2 aromatic rings. The van der Waals surface area contributed by atoms with Crippen LogP contribution in [0.1, 0.15) is 13.8 Å². The van der Waals surface area contributed by atoms with Gasteiger partial charge in [0, 0.05) is 21.3 Å². The van der Waals surface area contributed by atoms with E-state index < -0.39 is 0 Å².